The second kappa shape index (κ2) is 10.3. The third-order valence-electron chi connectivity index (χ3n) is 5.11. The number of rotatable bonds is 8. The summed E-state index contributed by atoms with van der Waals surface area (Å²) in [7, 11) is -4.80. The number of hydrogen-bond acceptors (Lipinski definition) is 7. The van der Waals surface area contributed by atoms with E-state index in [1.54, 1.807) is 24.5 Å². The normalized spacial score (nSPS) is 11.7. The zero-order valence-electron chi connectivity index (χ0n) is 19.4. The number of amides is 1. The van der Waals surface area contributed by atoms with Crippen LogP contribution in [0.4, 0.5) is 8.78 Å². The average molecular weight is 513 g/mol. The number of alkyl halides is 2. The maximum absolute atomic E-state index is 12.8. The predicted octanol–water partition coefficient (Wildman–Crippen LogP) is 4.41. The first-order valence-corrected chi connectivity index (χ1v) is 12.5. The summed E-state index contributed by atoms with van der Waals surface area (Å²) in [5, 5.41) is 3.42. The second-order valence-electron chi connectivity index (χ2n) is 8.13. The molecular weight excluding hydrogens is 490 g/mol. The van der Waals surface area contributed by atoms with Crippen molar-refractivity contribution in [3.8, 4) is 17.1 Å². The van der Waals surface area contributed by atoms with Crippen molar-refractivity contribution in [3.05, 3.63) is 78.2 Å². The number of aromatic nitrogens is 3. The smallest absolute Gasteiger partial charge is 0.341 e. The Morgan fingerprint density at radius 2 is 1.83 bits per heavy atom. The lowest BCUT2D eigenvalue weighted by Crippen LogP contribution is -2.23. The van der Waals surface area contributed by atoms with Crippen molar-refractivity contribution in [3.63, 3.8) is 0 Å². The van der Waals surface area contributed by atoms with Crippen LogP contribution in [0.1, 0.15) is 29.9 Å². The molecule has 0 bridgehead atoms. The number of nitrogens with zero attached hydrogens (tertiary/aromatic N) is 3. The first-order valence-electron chi connectivity index (χ1n) is 10.9. The molecule has 0 radical (unpaired) electrons. The molecule has 0 aliphatic carbocycles. The molecule has 3 heterocycles. The molecule has 1 amide bonds. The summed E-state index contributed by atoms with van der Waals surface area (Å²) in [6.07, 6.45) is 3.32. The van der Waals surface area contributed by atoms with Gasteiger partial charge in [0.2, 0.25) is 15.7 Å². The van der Waals surface area contributed by atoms with Crippen LogP contribution in [0.5, 0.6) is 5.88 Å². The minimum atomic E-state index is -4.80. The quantitative estimate of drug-likeness (QED) is 0.372. The predicted molar refractivity (Wildman–Crippen MR) is 129 cm³/mol. The summed E-state index contributed by atoms with van der Waals surface area (Å²) in [5.74, 6) is -3.68. The van der Waals surface area contributed by atoms with Gasteiger partial charge in [-0.2, -0.15) is 8.78 Å². The fraction of sp³-hybridized carbons (Fsp3) is 0.200. The van der Waals surface area contributed by atoms with Gasteiger partial charge in [-0.25, -0.2) is 18.4 Å². The van der Waals surface area contributed by atoms with E-state index in [0.29, 0.717) is 22.8 Å². The van der Waals surface area contributed by atoms with Gasteiger partial charge in [0.1, 0.15) is 0 Å². The molecule has 0 saturated heterocycles. The lowest BCUT2D eigenvalue weighted by molar-refractivity contribution is 0.0950. The number of pyridine rings is 3. The summed E-state index contributed by atoms with van der Waals surface area (Å²) in [5.41, 5.74) is 2.60. The molecule has 0 spiro atoms. The number of benzene rings is 1. The Labute approximate surface area is 206 Å². The van der Waals surface area contributed by atoms with E-state index >= 15 is 0 Å². The molecule has 11 heteroatoms. The minimum absolute atomic E-state index is 0.0168. The minimum Gasteiger partial charge on any atom is -0.475 e. The van der Waals surface area contributed by atoms with Crippen LogP contribution in [0.15, 0.2) is 71.9 Å². The largest absolute Gasteiger partial charge is 0.475 e. The molecule has 0 atom stereocenters. The lowest BCUT2D eigenvalue weighted by Gasteiger charge is -2.09. The molecular formula is C25H22F2N4O4S. The monoisotopic (exact) mass is 512 g/mol. The maximum Gasteiger partial charge on any atom is 0.341 e. The maximum atomic E-state index is 12.8. The van der Waals surface area contributed by atoms with Crippen LogP contribution in [0.25, 0.3) is 22.2 Å². The second-order valence-corrected chi connectivity index (χ2v) is 10.1. The zero-order chi connectivity index (χ0) is 25.9. The van der Waals surface area contributed by atoms with Gasteiger partial charge in [0.15, 0.2) is 0 Å². The summed E-state index contributed by atoms with van der Waals surface area (Å²) in [6, 6.07) is 13.6. The number of fused-ring (bicyclic) bond motifs is 1. The van der Waals surface area contributed by atoms with Crippen LogP contribution >= 0.6 is 0 Å². The molecule has 0 unspecified atom stereocenters. The highest BCUT2D eigenvalue weighted by Crippen LogP contribution is 2.23. The third-order valence-corrected chi connectivity index (χ3v) is 6.49. The van der Waals surface area contributed by atoms with E-state index in [1.165, 1.54) is 12.1 Å². The first kappa shape index (κ1) is 25.1. The Hall–Kier alpha value is -3.99. The van der Waals surface area contributed by atoms with Gasteiger partial charge >= 0.3 is 5.76 Å². The van der Waals surface area contributed by atoms with E-state index in [0.717, 1.165) is 23.1 Å². The van der Waals surface area contributed by atoms with Crippen molar-refractivity contribution in [2.24, 2.45) is 0 Å². The summed E-state index contributed by atoms with van der Waals surface area (Å²) in [4.78, 5) is 25.2. The topological polar surface area (TPSA) is 111 Å². The van der Waals surface area contributed by atoms with Crippen LogP contribution in [-0.2, 0) is 16.4 Å². The number of carbonyl (C=O) groups excluding carboxylic acids is 1. The standard InChI is InChI=1S/C25H22F2N4O4S/c1-15(2)35-23-9-7-17(13-29-23)21-8-6-18-12-28-19(11-22(18)31-21)14-30-24(32)16-4-3-5-20(10-16)36(33,34)25(26)27/h3-13,15,25H,14H2,1-2H3,(H,30,32). The molecule has 4 rings (SSSR count). The highest BCUT2D eigenvalue weighted by molar-refractivity contribution is 7.91. The average Bonchev–Trinajstić information content (AvgIpc) is 2.87. The van der Waals surface area contributed by atoms with Gasteiger partial charge in [-0.15, -0.1) is 0 Å². The molecule has 3 aromatic heterocycles. The van der Waals surface area contributed by atoms with Crippen molar-refractivity contribution < 1.29 is 26.7 Å². The van der Waals surface area contributed by atoms with Crippen LogP contribution in [0.2, 0.25) is 0 Å². The van der Waals surface area contributed by atoms with E-state index < -0.39 is 26.4 Å². The highest BCUT2D eigenvalue weighted by atomic mass is 32.2. The fourth-order valence-electron chi connectivity index (χ4n) is 3.35. The zero-order valence-corrected chi connectivity index (χ0v) is 20.2. The number of nitrogens with one attached hydrogen (secondary N) is 1. The van der Waals surface area contributed by atoms with Crippen LogP contribution < -0.4 is 10.1 Å². The van der Waals surface area contributed by atoms with Crippen molar-refractivity contribution in [1.82, 2.24) is 20.3 Å². The fourth-order valence-corrected chi connectivity index (χ4v) is 4.11. The molecule has 8 nitrogen and oxygen atoms in total. The molecule has 4 aromatic rings. The SMILES string of the molecule is CC(C)Oc1ccc(-c2ccc3cnc(CNC(=O)c4cccc(S(=O)(=O)C(F)F)c4)cc3n2)cn1. The van der Waals surface area contributed by atoms with E-state index in [9.17, 15) is 22.0 Å². The lowest BCUT2D eigenvalue weighted by atomic mass is 10.1. The Morgan fingerprint density at radius 3 is 2.53 bits per heavy atom. The molecule has 36 heavy (non-hydrogen) atoms. The van der Waals surface area contributed by atoms with Crippen LogP contribution in [-0.4, -0.2) is 41.1 Å². The summed E-state index contributed by atoms with van der Waals surface area (Å²) >= 11 is 0. The van der Waals surface area contributed by atoms with E-state index in [1.807, 2.05) is 32.0 Å². The summed E-state index contributed by atoms with van der Waals surface area (Å²) < 4.78 is 54.6. The molecule has 0 aliphatic heterocycles. The number of ether oxygens (including phenoxy) is 1. The Morgan fingerprint density at radius 1 is 1.03 bits per heavy atom. The number of hydrogen-bond donors (Lipinski definition) is 1. The number of sulfone groups is 1. The van der Waals surface area contributed by atoms with Gasteiger partial charge in [0.05, 0.1) is 34.4 Å². The van der Waals surface area contributed by atoms with Crippen molar-refractivity contribution in [2.45, 2.75) is 37.1 Å². The number of carbonyl (C=O) groups is 1. The van der Waals surface area contributed by atoms with E-state index in [4.69, 9.17) is 4.74 Å². The van der Waals surface area contributed by atoms with Gasteiger partial charge in [-0.05, 0) is 56.3 Å². The number of halogens is 2. The van der Waals surface area contributed by atoms with Gasteiger partial charge in [-0.3, -0.25) is 9.78 Å². The third kappa shape index (κ3) is 5.62. The molecule has 186 valence electrons. The van der Waals surface area contributed by atoms with Crippen molar-refractivity contribution >= 4 is 26.6 Å². The Bertz CT molecular complexity index is 1510. The molecule has 0 saturated carbocycles. The Kier molecular flexibility index (Phi) is 7.20. The van der Waals surface area contributed by atoms with Crippen molar-refractivity contribution in [2.75, 3.05) is 0 Å². The van der Waals surface area contributed by atoms with E-state index in [2.05, 4.69) is 20.3 Å². The molecule has 1 N–H and O–H groups in total. The van der Waals surface area contributed by atoms with Crippen LogP contribution in [0.3, 0.4) is 0 Å². The van der Waals surface area contributed by atoms with E-state index in [-0.39, 0.29) is 18.2 Å². The van der Waals surface area contributed by atoms with Gasteiger partial charge in [0, 0.05) is 35.0 Å². The molecule has 0 fully saturated rings. The van der Waals surface area contributed by atoms with Gasteiger partial charge < -0.3 is 10.1 Å². The van der Waals surface area contributed by atoms with Crippen LogP contribution in [0, 0.1) is 0 Å². The first-order chi connectivity index (χ1) is 17.1. The van der Waals surface area contributed by atoms with Crippen molar-refractivity contribution in [1.29, 1.82) is 0 Å². The van der Waals surface area contributed by atoms with Gasteiger partial charge in [0.25, 0.3) is 5.91 Å². The summed E-state index contributed by atoms with van der Waals surface area (Å²) in [6.45, 7) is 3.86. The Balaban J connectivity index is 1.50. The molecule has 1 aromatic carbocycles. The van der Waals surface area contributed by atoms with Gasteiger partial charge in [-0.1, -0.05) is 6.07 Å². The highest BCUT2D eigenvalue weighted by Gasteiger charge is 2.27. The molecule has 0 aliphatic rings.